The molecule has 58 valence electrons. The topological polar surface area (TPSA) is 117 Å². The van der Waals surface area contributed by atoms with Crippen LogP contribution in [-0.4, -0.2) is 13.5 Å². The monoisotopic (exact) mass is 247 g/mol. The molecule has 9 heteroatoms. The van der Waals surface area contributed by atoms with E-state index in [1.807, 2.05) is 4.83 Å². The summed E-state index contributed by atoms with van der Waals surface area (Å²) in [6.45, 7) is 0. The Kier molecular flexibility index (Phi) is 4.90. The van der Waals surface area contributed by atoms with Gasteiger partial charge in [0.15, 0.2) is 0 Å². The van der Waals surface area contributed by atoms with E-state index in [9.17, 15) is 18.5 Å². The summed E-state index contributed by atoms with van der Waals surface area (Å²) in [6.07, 6.45) is 0. The maximum Gasteiger partial charge on any atom is 1.00 e. The van der Waals surface area contributed by atoms with E-state index in [2.05, 4.69) is 5.14 Å². The van der Waals surface area contributed by atoms with Crippen LogP contribution >= 0.6 is 0 Å². The largest absolute Gasteiger partial charge is 1.00 e. The SMILES string of the molecule is NS(=O)(=O)[N-][N+](=O)[O-].[Ag+]. The average molecular weight is 248 g/mol. The van der Waals surface area contributed by atoms with E-state index >= 15 is 0 Å². The molecule has 0 rings (SSSR count). The number of hydrogen-bond donors (Lipinski definition) is 1. The molecule has 2 N–H and O–H groups in total. The van der Waals surface area contributed by atoms with Crippen LogP contribution in [0.1, 0.15) is 0 Å². The van der Waals surface area contributed by atoms with Crippen LogP contribution < -0.4 is 5.14 Å². The smallest absolute Gasteiger partial charge is 0.268 e. The number of nitro groups is 1. The van der Waals surface area contributed by atoms with Crippen LogP contribution in [-0.2, 0) is 32.6 Å². The van der Waals surface area contributed by atoms with Crippen molar-refractivity contribution < 1.29 is 35.8 Å². The number of nitrogens with two attached hydrogens (primary N) is 1. The fourth-order valence-electron chi connectivity index (χ4n) is 0.0929. The normalized spacial score (nSPS) is 9.44. The minimum atomic E-state index is -4.30. The predicted octanol–water partition coefficient (Wildman–Crippen LogP) is -1.25. The molecular formula is H2AgN3O4S. The van der Waals surface area contributed by atoms with Crippen LogP contribution in [0.5, 0.6) is 0 Å². The van der Waals surface area contributed by atoms with Crippen molar-refractivity contribution >= 4 is 10.2 Å². The van der Waals surface area contributed by atoms with Gasteiger partial charge in [0.2, 0.25) is 10.2 Å². The Morgan fingerprint density at radius 1 is 1.56 bits per heavy atom. The molecule has 7 nitrogen and oxygen atoms in total. The van der Waals surface area contributed by atoms with Crippen molar-refractivity contribution in [1.29, 1.82) is 0 Å². The molecule has 0 bridgehead atoms. The number of rotatable bonds is 2. The van der Waals surface area contributed by atoms with E-state index in [1.165, 1.54) is 0 Å². The zero-order chi connectivity index (χ0) is 6.78. The van der Waals surface area contributed by atoms with Crippen molar-refractivity contribution in [3.8, 4) is 0 Å². The van der Waals surface area contributed by atoms with Crippen LogP contribution in [0.3, 0.4) is 0 Å². The summed E-state index contributed by atoms with van der Waals surface area (Å²) in [5.74, 6) is 0. The van der Waals surface area contributed by atoms with Crippen molar-refractivity contribution in [2.24, 2.45) is 5.14 Å². The molecule has 0 atom stereocenters. The molecule has 0 aromatic heterocycles. The second-order valence-electron chi connectivity index (χ2n) is 0.834. The van der Waals surface area contributed by atoms with Gasteiger partial charge in [-0.2, -0.15) is 0 Å². The summed E-state index contributed by atoms with van der Waals surface area (Å²) in [4.78, 5) is 11.1. The van der Waals surface area contributed by atoms with Crippen LogP contribution in [0.25, 0.3) is 4.83 Å². The minimum Gasteiger partial charge on any atom is -0.268 e. The van der Waals surface area contributed by atoms with Crippen LogP contribution in [0.2, 0.25) is 0 Å². The fraction of sp³-hybridized carbons (Fsp3) is 0. The molecule has 0 saturated heterocycles. The summed E-state index contributed by atoms with van der Waals surface area (Å²) in [5, 5.41) is 11.9. The minimum absolute atomic E-state index is 0. The third-order valence-electron chi connectivity index (χ3n) is 0.180. The van der Waals surface area contributed by atoms with Crippen LogP contribution in [0, 0.1) is 10.1 Å². The van der Waals surface area contributed by atoms with E-state index < -0.39 is 15.2 Å². The first-order valence-electron chi connectivity index (χ1n) is 1.32. The van der Waals surface area contributed by atoms with Gasteiger partial charge in [0.25, 0.3) is 0 Å². The van der Waals surface area contributed by atoms with Crippen LogP contribution in [0.15, 0.2) is 0 Å². The molecule has 0 aliphatic rings. The first-order valence-corrected chi connectivity index (χ1v) is 2.82. The van der Waals surface area contributed by atoms with Gasteiger partial charge in [0, 0.05) is 5.03 Å². The Morgan fingerprint density at radius 2 is 1.89 bits per heavy atom. The molecule has 0 saturated carbocycles. The van der Waals surface area contributed by atoms with Crippen molar-refractivity contribution in [1.82, 2.24) is 0 Å². The molecule has 0 heterocycles. The molecule has 0 aliphatic carbocycles. The maximum absolute atomic E-state index is 9.61. The van der Waals surface area contributed by atoms with E-state index in [4.69, 9.17) is 0 Å². The number of nitrogens with zero attached hydrogens (tertiary/aromatic N) is 2. The average Bonchev–Trinajstić information content (AvgIpc) is 1.21. The zero-order valence-corrected chi connectivity index (χ0v) is 6.11. The molecule has 0 radical (unpaired) electrons. The second-order valence-corrected chi connectivity index (χ2v) is 2.03. The van der Waals surface area contributed by atoms with E-state index in [0.29, 0.717) is 0 Å². The Morgan fingerprint density at radius 3 is 1.89 bits per heavy atom. The van der Waals surface area contributed by atoms with Gasteiger partial charge in [-0.3, -0.25) is 14.9 Å². The van der Waals surface area contributed by atoms with Gasteiger partial charge in [0.05, 0.1) is 0 Å². The van der Waals surface area contributed by atoms with Gasteiger partial charge in [-0.1, -0.05) is 0 Å². The van der Waals surface area contributed by atoms with Crippen molar-refractivity contribution in [3.63, 3.8) is 0 Å². The summed E-state index contributed by atoms with van der Waals surface area (Å²) in [5.41, 5.74) is 0. The summed E-state index contributed by atoms with van der Waals surface area (Å²) >= 11 is 0. The molecule has 0 aliphatic heterocycles. The Labute approximate surface area is 66.4 Å². The second kappa shape index (κ2) is 3.80. The van der Waals surface area contributed by atoms with Crippen molar-refractivity contribution in [2.45, 2.75) is 0 Å². The Hall–Kier alpha value is -0.150. The summed E-state index contributed by atoms with van der Waals surface area (Å²) in [6, 6.07) is 0. The van der Waals surface area contributed by atoms with Gasteiger partial charge >= 0.3 is 22.4 Å². The van der Waals surface area contributed by atoms with Crippen molar-refractivity contribution in [3.05, 3.63) is 14.9 Å². The Balaban J connectivity index is 0. The molecule has 0 amide bonds. The van der Waals surface area contributed by atoms with Gasteiger partial charge in [0.1, 0.15) is 0 Å². The molecular weight excluding hydrogens is 246 g/mol. The molecule has 0 unspecified atom stereocenters. The van der Waals surface area contributed by atoms with E-state index in [1.54, 1.807) is 0 Å². The quantitative estimate of drug-likeness (QED) is 0.373. The zero-order valence-electron chi connectivity index (χ0n) is 3.81. The maximum atomic E-state index is 9.61. The van der Waals surface area contributed by atoms with Gasteiger partial charge in [-0.15, -0.1) is 0 Å². The molecule has 0 fully saturated rings. The summed E-state index contributed by atoms with van der Waals surface area (Å²) in [7, 11) is -4.30. The third-order valence-corrected chi connectivity index (χ3v) is 0.541. The van der Waals surface area contributed by atoms with E-state index in [0.717, 1.165) is 0 Å². The first kappa shape index (κ1) is 11.6. The predicted molar refractivity (Wildman–Crippen MR) is 23.5 cm³/mol. The van der Waals surface area contributed by atoms with Crippen molar-refractivity contribution in [2.75, 3.05) is 0 Å². The van der Waals surface area contributed by atoms with Gasteiger partial charge in [-0.05, 0) is 0 Å². The molecule has 9 heavy (non-hydrogen) atoms. The van der Waals surface area contributed by atoms with Crippen LogP contribution in [0.4, 0.5) is 0 Å². The van der Waals surface area contributed by atoms with E-state index in [-0.39, 0.29) is 22.4 Å². The Bertz CT molecular complexity index is 182. The van der Waals surface area contributed by atoms with Gasteiger partial charge in [-0.25, -0.2) is 13.6 Å². The molecule has 0 aromatic rings. The molecule has 0 aromatic carbocycles. The fourth-order valence-corrected chi connectivity index (χ4v) is 0.279. The molecule has 0 spiro atoms. The standard InChI is InChI=1S/Ag.H2N3O4S/c;1-8(6,7)2-3(4)5/h;(H2,1,6,7)/q+1;-1. The number of hydrogen-bond acceptors (Lipinski definition) is 4. The summed E-state index contributed by atoms with van der Waals surface area (Å²) < 4.78 is 19.2. The third kappa shape index (κ3) is 11.4. The van der Waals surface area contributed by atoms with Gasteiger partial charge < -0.3 is 0 Å². The first-order chi connectivity index (χ1) is 3.42.